The van der Waals surface area contributed by atoms with E-state index in [4.69, 9.17) is 0 Å². The minimum Gasteiger partial charge on any atom is -0.256 e. The van der Waals surface area contributed by atoms with E-state index in [1.165, 1.54) is 11.1 Å². The molecular weight excluding hydrogens is 354 g/mol. The SMILES string of the molecule is CC(C)/C(=C/c1ccc(Br)c2cccnc12)CBr. The van der Waals surface area contributed by atoms with Crippen molar-refractivity contribution in [3.05, 3.63) is 46.1 Å². The molecule has 2 aromatic rings. The number of aromatic nitrogens is 1. The van der Waals surface area contributed by atoms with E-state index in [9.17, 15) is 0 Å². The number of benzene rings is 1. The molecule has 0 saturated carbocycles. The zero-order valence-corrected chi connectivity index (χ0v) is 13.6. The van der Waals surface area contributed by atoms with Gasteiger partial charge in [0, 0.05) is 26.9 Å². The second kappa shape index (κ2) is 5.98. The van der Waals surface area contributed by atoms with E-state index in [1.807, 2.05) is 12.3 Å². The molecule has 0 radical (unpaired) electrons. The maximum Gasteiger partial charge on any atom is 0.0785 e. The molecule has 1 heterocycles. The molecule has 3 heteroatoms. The van der Waals surface area contributed by atoms with Crippen LogP contribution < -0.4 is 0 Å². The summed E-state index contributed by atoms with van der Waals surface area (Å²) in [4.78, 5) is 4.50. The molecule has 0 atom stereocenters. The van der Waals surface area contributed by atoms with Gasteiger partial charge in [-0.25, -0.2) is 0 Å². The van der Waals surface area contributed by atoms with Crippen molar-refractivity contribution in [3.63, 3.8) is 0 Å². The van der Waals surface area contributed by atoms with E-state index in [-0.39, 0.29) is 0 Å². The molecule has 0 saturated heterocycles. The van der Waals surface area contributed by atoms with Crippen molar-refractivity contribution in [1.82, 2.24) is 4.98 Å². The van der Waals surface area contributed by atoms with E-state index in [0.717, 1.165) is 20.7 Å². The third-order valence-corrected chi connectivity index (χ3v) is 4.32. The van der Waals surface area contributed by atoms with Gasteiger partial charge in [0.1, 0.15) is 0 Å². The summed E-state index contributed by atoms with van der Waals surface area (Å²) < 4.78 is 1.09. The Morgan fingerprint density at radius 2 is 2.11 bits per heavy atom. The average molecular weight is 369 g/mol. The lowest BCUT2D eigenvalue weighted by molar-refractivity contribution is 0.781. The molecule has 0 bridgehead atoms. The molecule has 2 rings (SSSR count). The largest absolute Gasteiger partial charge is 0.256 e. The zero-order chi connectivity index (χ0) is 13.1. The summed E-state index contributed by atoms with van der Waals surface area (Å²) in [5, 5.41) is 2.05. The van der Waals surface area contributed by atoms with Gasteiger partial charge >= 0.3 is 0 Å². The van der Waals surface area contributed by atoms with Crippen LogP contribution in [0.3, 0.4) is 0 Å². The Morgan fingerprint density at radius 3 is 2.78 bits per heavy atom. The first-order valence-electron chi connectivity index (χ1n) is 5.93. The first-order chi connectivity index (χ1) is 8.63. The highest BCUT2D eigenvalue weighted by Crippen LogP contribution is 2.27. The van der Waals surface area contributed by atoms with Crippen molar-refractivity contribution in [2.24, 2.45) is 5.92 Å². The topological polar surface area (TPSA) is 12.9 Å². The highest BCUT2D eigenvalue weighted by molar-refractivity contribution is 9.10. The van der Waals surface area contributed by atoms with E-state index < -0.39 is 0 Å². The smallest absolute Gasteiger partial charge is 0.0785 e. The summed E-state index contributed by atoms with van der Waals surface area (Å²) in [5.74, 6) is 0.534. The molecule has 1 nitrogen and oxygen atoms in total. The summed E-state index contributed by atoms with van der Waals surface area (Å²) in [6, 6.07) is 8.26. The van der Waals surface area contributed by atoms with Crippen molar-refractivity contribution >= 4 is 48.8 Å². The quantitative estimate of drug-likeness (QED) is 0.658. The molecule has 0 aliphatic rings. The lowest BCUT2D eigenvalue weighted by Crippen LogP contribution is -1.95. The van der Waals surface area contributed by atoms with Crippen molar-refractivity contribution in [2.75, 3.05) is 5.33 Å². The second-order valence-corrected chi connectivity index (χ2v) is 5.96. The highest BCUT2D eigenvalue weighted by atomic mass is 79.9. The van der Waals surface area contributed by atoms with Crippen LogP contribution in [0.1, 0.15) is 19.4 Å². The molecule has 0 aliphatic heterocycles. The number of hydrogen-bond acceptors (Lipinski definition) is 1. The average Bonchev–Trinajstić information content (AvgIpc) is 2.38. The predicted molar refractivity (Wildman–Crippen MR) is 86.1 cm³/mol. The van der Waals surface area contributed by atoms with Crippen LogP contribution in [-0.4, -0.2) is 10.3 Å². The summed E-state index contributed by atoms with van der Waals surface area (Å²) in [5.41, 5.74) is 3.60. The number of nitrogens with zero attached hydrogens (tertiary/aromatic N) is 1. The fourth-order valence-electron chi connectivity index (χ4n) is 1.84. The van der Waals surface area contributed by atoms with Crippen molar-refractivity contribution in [3.8, 4) is 0 Å². The number of rotatable bonds is 3. The third kappa shape index (κ3) is 2.83. The fraction of sp³-hybridized carbons (Fsp3) is 0.267. The zero-order valence-electron chi connectivity index (χ0n) is 10.5. The minimum absolute atomic E-state index is 0.534. The standard InChI is InChI=1S/C15H15Br2N/c1-10(2)12(9-16)8-11-5-6-14(17)13-4-3-7-18-15(11)13/h3-8,10H,9H2,1-2H3/b12-8+. The van der Waals surface area contributed by atoms with Gasteiger partial charge < -0.3 is 0 Å². The van der Waals surface area contributed by atoms with E-state index in [0.29, 0.717) is 5.92 Å². The van der Waals surface area contributed by atoms with Crippen LogP contribution in [0, 0.1) is 5.92 Å². The highest BCUT2D eigenvalue weighted by Gasteiger charge is 2.06. The molecule has 94 valence electrons. The van der Waals surface area contributed by atoms with Gasteiger partial charge in [-0.1, -0.05) is 69.5 Å². The van der Waals surface area contributed by atoms with E-state index in [2.05, 4.69) is 75.0 Å². The van der Waals surface area contributed by atoms with Crippen LogP contribution in [0.5, 0.6) is 0 Å². The fourth-order valence-corrected chi connectivity index (χ4v) is 3.10. The van der Waals surface area contributed by atoms with Crippen LogP contribution in [0.2, 0.25) is 0 Å². The number of halogens is 2. The Balaban J connectivity index is 2.62. The van der Waals surface area contributed by atoms with E-state index >= 15 is 0 Å². The maximum atomic E-state index is 4.50. The summed E-state index contributed by atoms with van der Waals surface area (Å²) in [6.45, 7) is 4.42. The molecule has 0 aliphatic carbocycles. The van der Waals surface area contributed by atoms with Crippen molar-refractivity contribution in [1.29, 1.82) is 0 Å². The monoisotopic (exact) mass is 367 g/mol. The van der Waals surface area contributed by atoms with Crippen LogP contribution in [0.15, 0.2) is 40.5 Å². The van der Waals surface area contributed by atoms with Crippen LogP contribution in [-0.2, 0) is 0 Å². The Labute approximate surface area is 125 Å². The number of hydrogen-bond donors (Lipinski definition) is 0. The Bertz CT molecular complexity index is 588. The van der Waals surface area contributed by atoms with Crippen LogP contribution in [0.4, 0.5) is 0 Å². The Kier molecular flexibility index (Phi) is 4.57. The van der Waals surface area contributed by atoms with E-state index in [1.54, 1.807) is 0 Å². The van der Waals surface area contributed by atoms with Gasteiger partial charge in [-0.15, -0.1) is 0 Å². The summed E-state index contributed by atoms with van der Waals surface area (Å²) >= 11 is 7.13. The minimum atomic E-state index is 0.534. The summed E-state index contributed by atoms with van der Waals surface area (Å²) in [7, 11) is 0. The molecule has 0 unspecified atom stereocenters. The molecule has 0 fully saturated rings. The van der Waals surface area contributed by atoms with Gasteiger partial charge in [-0.3, -0.25) is 4.98 Å². The molecule has 0 spiro atoms. The van der Waals surface area contributed by atoms with Gasteiger partial charge in [-0.2, -0.15) is 0 Å². The molecular formula is C15H15Br2N. The maximum absolute atomic E-state index is 4.50. The molecule has 0 amide bonds. The normalized spacial score (nSPS) is 12.4. The molecule has 0 N–H and O–H groups in total. The Morgan fingerprint density at radius 1 is 1.33 bits per heavy atom. The van der Waals surface area contributed by atoms with Gasteiger partial charge in [0.25, 0.3) is 0 Å². The number of allylic oxidation sites excluding steroid dienone is 1. The van der Waals surface area contributed by atoms with Gasteiger partial charge in [0.15, 0.2) is 0 Å². The van der Waals surface area contributed by atoms with Crippen LogP contribution >= 0.6 is 31.9 Å². The molecule has 1 aromatic heterocycles. The lowest BCUT2D eigenvalue weighted by atomic mass is 10.0. The van der Waals surface area contributed by atoms with Gasteiger partial charge in [-0.05, 0) is 18.1 Å². The van der Waals surface area contributed by atoms with Gasteiger partial charge in [0.05, 0.1) is 5.52 Å². The Hall–Kier alpha value is -0.670. The first-order valence-corrected chi connectivity index (χ1v) is 7.84. The first kappa shape index (κ1) is 13.8. The van der Waals surface area contributed by atoms with Crippen molar-refractivity contribution < 1.29 is 0 Å². The second-order valence-electron chi connectivity index (χ2n) is 4.54. The lowest BCUT2D eigenvalue weighted by Gasteiger charge is -2.09. The third-order valence-electron chi connectivity index (χ3n) is 2.98. The number of alkyl halides is 1. The van der Waals surface area contributed by atoms with Gasteiger partial charge in [0.2, 0.25) is 0 Å². The molecule has 1 aromatic carbocycles. The van der Waals surface area contributed by atoms with Crippen molar-refractivity contribution in [2.45, 2.75) is 13.8 Å². The molecule has 18 heavy (non-hydrogen) atoms. The predicted octanol–water partition coefficient (Wildman–Crippen LogP) is 5.43. The van der Waals surface area contributed by atoms with Crippen LogP contribution in [0.25, 0.3) is 17.0 Å². The number of fused-ring (bicyclic) bond motifs is 1. The summed E-state index contributed by atoms with van der Waals surface area (Å²) in [6.07, 6.45) is 4.08. The number of pyridine rings is 1.